The lowest BCUT2D eigenvalue weighted by atomic mass is 10.0. The smallest absolute Gasteiger partial charge is 0.339 e. The number of carboxylic acid groups (broad SMARTS) is 2. The second kappa shape index (κ2) is 18.9. The molecular weight excluding hydrogens is 535 g/mol. The summed E-state index contributed by atoms with van der Waals surface area (Å²) in [4.78, 5) is 22.8. The lowest BCUT2D eigenvalue weighted by molar-refractivity contribution is 0.0675. The van der Waals surface area contributed by atoms with E-state index in [1.807, 2.05) is 0 Å². The number of rotatable bonds is 21. The van der Waals surface area contributed by atoms with E-state index in [2.05, 4.69) is 6.92 Å². The molecule has 0 heterocycles. The standard InChI is InChI=1S/C26H41IO6/c1-2-3-4-5-6-7-8-9-10-11-12-13-14-15-16-17-20-33-24-22(26(30)31)19-18-21(25(28)29)23(24)27-32/h18-19H,2-17,20H2,1H3,(H,28,29)(H,30,31). The van der Waals surface area contributed by atoms with Crippen molar-refractivity contribution in [1.82, 2.24) is 0 Å². The van der Waals surface area contributed by atoms with Crippen molar-refractivity contribution in [3.8, 4) is 5.75 Å². The number of carbonyl (C=O) groups is 2. The topological polar surface area (TPSA) is 101 Å². The SMILES string of the molecule is CCCCCCCCCCCCCCCCCCOc1c(C(=O)O)ccc(C(=O)O)c1I=O. The number of hydrogen-bond donors (Lipinski definition) is 2. The molecule has 0 fully saturated rings. The van der Waals surface area contributed by atoms with Crippen LogP contribution in [0.2, 0.25) is 0 Å². The van der Waals surface area contributed by atoms with Crippen LogP contribution < -0.4 is 4.74 Å². The van der Waals surface area contributed by atoms with Gasteiger partial charge in [-0.15, -0.1) is 0 Å². The third-order valence-corrected chi connectivity index (χ3v) is 7.39. The summed E-state index contributed by atoms with van der Waals surface area (Å²) >= 11 is -1.88. The van der Waals surface area contributed by atoms with Crippen LogP contribution in [0.25, 0.3) is 0 Å². The maximum Gasteiger partial charge on any atom is 0.339 e. The van der Waals surface area contributed by atoms with Crippen molar-refractivity contribution in [1.29, 1.82) is 0 Å². The van der Waals surface area contributed by atoms with Crippen LogP contribution in [0.15, 0.2) is 12.1 Å². The van der Waals surface area contributed by atoms with Gasteiger partial charge in [-0.1, -0.05) is 103 Å². The van der Waals surface area contributed by atoms with E-state index in [1.165, 1.54) is 95.6 Å². The van der Waals surface area contributed by atoms with Crippen LogP contribution in [0, 0.1) is 3.57 Å². The van der Waals surface area contributed by atoms with Crippen molar-refractivity contribution >= 4 is 33.1 Å². The molecule has 188 valence electrons. The second-order valence-electron chi connectivity index (χ2n) is 8.64. The predicted octanol–water partition coefficient (Wildman–Crippen LogP) is 8.21. The zero-order valence-corrected chi connectivity index (χ0v) is 22.2. The summed E-state index contributed by atoms with van der Waals surface area (Å²) in [6, 6.07) is 2.39. The molecule has 0 aliphatic heterocycles. The first kappa shape index (κ1) is 29.5. The van der Waals surface area contributed by atoms with E-state index in [9.17, 15) is 22.9 Å². The molecule has 0 saturated heterocycles. The Morgan fingerprint density at radius 3 is 1.48 bits per heavy atom. The molecule has 0 spiro atoms. The van der Waals surface area contributed by atoms with Crippen LogP contribution >= 0.6 is 21.2 Å². The summed E-state index contributed by atoms with van der Waals surface area (Å²) in [7, 11) is 0. The minimum atomic E-state index is -1.88. The van der Waals surface area contributed by atoms with E-state index in [0.717, 1.165) is 19.3 Å². The third kappa shape index (κ3) is 12.5. The summed E-state index contributed by atoms with van der Waals surface area (Å²) in [5.74, 6) is -2.50. The van der Waals surface area contributed by atoms with E-state index in [-0.39, 0.29) is 20.4 Å². The second-order valence-corrected chi connectivity index (χ2v) is 10.2. The van der Waals surface area contributed by atoms with E-state index >= 15 is 0 Å². The molecule has 2 N–H and O–H groups in total. The minimum Gasteiger partial charge on any atom is -0.491 e. The largest absolute Gasteiger partial charge is 0.491 e. The molecule has 0 bridgehead atoms. The summed E-state index contributed by atoms with van der Waals surface area (Å²) in [6.07, 6.45) is 20.2. The average Bonchev–Trinajstić information content (AvgIpc) is 2.80. The molecule has 0 aliphatic rings. The van der Waals surface area contributed by atoms with Gasteiger partial charge in [-0.3, -0.25) is 3.07 Å². The quantitative estimate of drug-likeness (QED) is 0.113. The van der Waals surface area contributed by atoms with E-state index < -0.39 is 33.1 Å². The first-order chi connectivity index (χ1) is 16.0. The van der Waals surface area contributed by atoms with Gasteiger partial charge in [-0.25, -0.2) is 9.59 Å². The molecule has 0 atom stereocenters. The lowest BCUT2D eigenvalue weighted by Gasteiger charge is -2.12. The first-order valence-electron chi connectivity index (χ1n) is 12.6. The Balaban J connectivity index is 2.13. The Kier molecular flexibility index (Phi) is 16.9. The molecule has 1 aromatic carbocycles. The van der Waals surface area contributed by atoms with Gasteiger partial charge in [0.05, 0.1) is 12.2 Å². The third-order valence-electron chi connectivity index (χ3n) is 5.88. The molecule has 0 saturated carbocycles. The molecule has 0 aliphatic carbocycles. The van der Waals surface area contributed by atoms with Crippen molar-refractivity contribution in [2.75, 3.05) is 6.61 Å². The fourth-order valence-corrected chi connectivity index (χ4v) is 5.23. The fourth-order valence-electron chi connectivity index (χ4n) is 3.93. The van der Waals surface area contributed by atoms with Gasteiger partial charge in [0.25, 0.3) is 0 Å². The highest BCUT2D eigenvalue weighted by Crippen LogP contribution is 2.32. The number of carboxylic acids is 2. The van der Waals surface area contributed by atoms with Gasteiger partial charge in [0.15, 0.2) is 26.9 Å². The number of benzene rings is 1. The van der Waals surface area contributed by atoms with Gasteiger partial charge in [-0.2, -0.15) is 0 Å². The van der Waals surface area contributed by atoms with E-state index in [4.69, 9.17) is 4.74 Å². The molecule has 33 heavy (non-hydrogen) atoms. The molecule has 0 radical (unpaired) electrons. The maximum absolute atomic E-state index is 11.6. The molecular formula is C26H41IO6. The van der Waals surface area contributed by atoms with Crippen molar-refractivity contribution in [2.24, 2.45) is 0 Å². The molecule has 0 amide bonds. The number of halogens is 1. The maximum atomic E-state index is 11.6. The fraction of sp³-hybridized carbons (Fsp3) is 0.692. The van der Waals surface area contributed by atoms with Gasteiger partial charge in [0.1, 0.15) is 9.13 Å². The Morgan fingerprint density at radius 1 is 0.697 bits per heavy atom. The van der Waals surface area contributed by atoms with Crippen LogP contribution in [0.3, 0.4) is 0 Å². The number of ether oxygens (including phenoxy) is 1. The molecule has 7 heteroatoms. The number of aromatic carboxylic acids is 2. The number of hydrogen-bond acceptors (Lipinski definition) is 4. The zero-order chi connectivity index (χ0) is 24.3. The Bertz CT molecular complexity index is 719. The Labute approximate surface area is 209 Å². The predicted molar refractivity (Wildman–Crippen MR) is 139 cm³/mol. The zero-order valence-electron chi connectivity index (χ0n) is 20.1. The Hall–Kier alpha value is -1.51. The summed E-state index contributed by atoms with van der Waals surface area (Å²) in [5.41, 5.74) is -0.285. The van der Waals surface area contributed by atoms with Gasteiger partial charge in [0.2, 0.25) is 0 Å². The highest BCUT2D eigenvalue weighted by Gasteiger charge is 2.22. The van der Waals surface area contributed by atoms with E-state index in [0.29, 0.717) is 6.61 Å². The van der Waals surface area contributed by atoms with Crippen molar-refractivity contribution in [3.63, 3.8) is 0 Å². The molecule has 0 unspecified atom stereocenters. The highest BCUT2D eigenvalue weighted by molar-refractivity contribution is 14.1. The lowest BCUT2D eigenvalue weighted by Crippen LogP contribution is -2.10. The Morgan fingerprint density at radius 2 is 1.09 bits per heavy atom. The summed E-state index contributed by atoms with van der Waals surface area (Å²) in [5, 5.41) is 18.6. The average molecular weight is 577 g/mol. The monoisotopic (exact) mass is 576 g/mol. The van der Waals surface area contributed by atoms with E-state index in [1.54, 1.807) is 0 Å². The molecule has 6 nitrogen and oxygen atoms in total. The van der Waals surface area contributed by atoms with Gasteiger partial charge >= 0.3 is 11.9 Å². The summed E-state index contributed by atoms with van der Waals surface area (Å²) < 4.78 is 17.2. The van der Waals surface area contributed by atoms with Gasteiger partial charge in [-0.05, 0) is 18.6 Å². The van der Waals surface area contributed by atoms with Crippen LogP contribution in [0.1, 0.15) is 130 Å². The van der Waals surface area contributed by atoms with Crippen molar-refractivity contribution in [2.45, 2.75) is 110 Å². The molecule has 0 aromatic heterocycles. The summed E-state index contributed by atoms with van der Waals surface area (Å²) in [6.45, 7) is 2.55. The first-order valence-corrected chi connectivity index (χ1v) is 14.5. The molecule has 1 rings (SSSR count). The molecule has 1 aromatic rings. The van der Waals surface area contributed by atoms with Gasteiger partial charge < -0.3 is 14.9 Å². The van der Waals surface area contributed by atoms with Crippen LogP contribution in [-0.4, -0.2) is 28.8 Å². The number of unbranched alkanes of at least 4 members (excludes halogenated alkanes) is 15. The minimum absolute atomic E-state index is 0.0118. The van der Waals surface area contributed by atoms with Crippen LogP contribution in [0.4, 0.5) is 0 Å². The highest BCUT2D eigenvalue weighted by atomic mass is 127. The van der Waals surface area contributed by atoms with Crippen LogP contribution in [0.5, 0.6) is 5.75 Å². The normalized spacial score (nSPS) is 10.9. The van der Waals surface area contributed by atoms with Gasteiger partial charge in [0, 0.05) is 0 Å². The van der Waals surface area contributed by atoms with Crippen LogP contribution in [-0.2, 0) is 3.07 Å². The van der Waals surface area contributed by atoms with Crippen molar-refractivity contribution < 1.29 is 27.6 Å². The van der Waals surface area contributed by atoms with Crippen molar-refractivity contribution in [3.05, 3.63) is 26.8 Å².